The van der Waals surface area contributed by atoms with Crippen LogP contribution >= 0.6 is 0 Å². The third-order valence-corrected chi connectivity index (χ3v) is 5.76. The third-order valence-electron chi connectivity index (χ3n) is 5.76. The average Bonchev–Trinajstić information content (AvgIpc) is 3.02. The molecule has 0 radical (unpaired) electrons. The molecule has 0 unspecified atom stereocenters. The molecule has 31 heavy (non-hydrogen) atoms. The van der Waals surface area contributed by atoms with Gasteiger partial charge in [-0.05, 0) is 50.4 Å². The SMILES string of the molecule is CCCN1CCc2c(c(CN(C(=O)CC(C)(C)C)C(C)C)nn2-c2cccc(F)c2)C1. The van der Waals surface area contributed by atoms with Gasteiger partial charge in [-0.3, -0.25) is 9.69 Å². The van der Waals surface area contributed by atoms with Crippen LogP contribution in [0.1, 0.15) is 71.3 Å². The fourth-order valence-corrected chi connectivity index (χ4v) is 4.27. The second-order valence-electron chi connectivity index (χ2n) is 10.1. The maximum Gasteiger partial charge on any atom is 0.223 e. The molecule has 0 fully saturated rings. The van der Waals surface area contributed by atoms with Gasteiger partial charge in [0, 0.05) is 37.5 Å². The van der Waals surface area contributed by atoms with Gasteiger partial charge in [0.15, 0.2) is 0 Å². The summed E-state index contributed by atoms with van der Waals surface area (Å²) in [6.07, 6.45) is 2.47. The van der Waals surface area contributed by atoms with Crippen molar-refractivity contribution >= 4 is 5.91 Å². The van der Waals surface area contributed by atoms with Crippen LogP contribution in [0, 0.1) is 11.2 Å². The molecule has 0 N–H and O–H groups in total. The van der Waals surface area contributed by atoms with Crippen molar-refractivity contribution in [1.82, 2.24) is 19.6 Å². The first-order valence-electron chi connectivity index (χ1n) is 11.5. The predicted octanol–water partition coefficient (Wildman–Crippen LogP) is 4.95. The lowest BCUT2D eigenvalue weighted by molar-refractivity contribution is -0.135. The standard InChI is InChI=1S/C25H37FN4O/c1-7-12-28-13-11-23-21(16-28)22(27-30(23)20-10-8-9-19(26)14-20)17-29(18(2)3)24(31)15-25(4,5)6/h8-10,14,18H,7,11-13,15-17H2,1-6H3. The van der Waals surface area contributed by atoms with Gasteiger partial charge in [0.25, 0.3) is 0 Å². The summed E-state index contributed by atoms with van der Waals surface area (Å²) in [5, 5.41) is 4.93. The number of carbonyl (C=O) groups excluding carboxylic acids is 1. The van der Waals surface area contributed by atoms with Crippen molar-refractivity contribution in [3.05, 3.63) is 47.0 Å². The van der Waals surface area contributed by atoms with Crippen LogP contribution in [-0.4, -0.2) is 44.6 Å². The largest absolute Gasteiger partial charge is 0.334 e. The van der Waals surface area contributed by atoms with E-state index >= 15 is 0 Å². The number of hydrogen-bond donors (Lipinski definition) is 0. The maximum atomic E-state index is 13.9. The molecular weight excluding hydrogens is 391 g/mol. The summed E-state index contributed by atoms with van der Waals surface area (Å²) in [6, 6.07) is 6.68. The van der Waals surface area contributed by atoms with Crippen molar-refractivity contribution in [1.29, 1.82) is 0 Å². The van der Waals surface area contributed by atoms with Gasteiger partial charge in [-0.25, -0.2) is 9.07 Å². The highest BCUT2D eigenvalue weighted by molar-refractivity contribution is 5.77. The molecular formula is C25H37FN4O. The molecule has 2 aromatic rings. The molecule has 170 valence electrons. The molecule has 5 nitrogen and oxygen atoms in total. The van der Waals surface area contributed by atoms with E-state index in [1.807, 2.05) is 15.6 Å². The van der Waals surface area contributed by atoms with Crippen LogP contribution in [0.2, 0.25) is 0 Å². The van der Waals surface area contributed by atoms with Crippen LogP contribution in [-0.2, 0) is 24.3 Å². The highest BCUT2D eigenvalue weighted by atomic mass is 19.1. The Morgan fingerprint density at radius 2 is 2.03 bits per heavy atom. The van der Waals surface area contributed by atoms with E-state index in [2.05, 4.69) is 46.4 Å². The quantitative estimate of drug-likeness (QED) is 0.626. The summed E-state index contributed by atoms with van der Waals surface area (Å²) in [4.78, 5) is 17.5. The average molecular weight is 429 g/mol. The number of hydrogen-bond acceptors (Lipinski definition) is 3. The van der Waals surface area contributed by atoms with Crippen molar-refractivity contribution in [2.24, 2.45) is 5.41 Å². The van der Waals surface area contributed by atoms with Gasteiger partial charge in [-0.1, -0.05) is 33.8 Å². The number of halogens is 1. The van der Waals surface area contributed by atoms with Crippen LogP contribution in [0.5, 0.6) is 0 Å². The summed E-state index contributed by atoms with van der Waals surface area (Å²) in [7, 11) is 0. The van der Waals surface area contributed by atoms with Gasteiger partial charge >= 0.3 is 0 Å². The van der Waals surface area contributed by atoms with E-state index in [-0.39, 0.29) is 23.2 Å². The Bertz CT molecular complexity index is 913. The second-order valence-corrected chi connectivity index (χ2v) is 10.1. The summed E-state index contributed by atoms with van der Waals surface area (Å²) in [6.45, 7) is 15.9. The summed E-state index contributed by atoms with van der Waals surface area (Å²) < 4.78 is 15.8. The van der Waals surface area contributed by atoms with Crippen LogP contribution < -0.4 is 0 Å². The minimum Gasteiger partial charge on any atom is -0.334 e. The predicted molar refractivity (Wildman–Crippen MR) is 123 cm³/mol. The van der Waals surface area contributed by atoms with E-state index < -0.39 is 0 Å². The van der Waals surface area contributed by atoms with Crippen molar-refractivity contribution in [3.63, 3.8) is 0 Å². The summed E-state index contributed by atoms with van der Waals surface area (Å²) in [5.74, 6) is -0.117. The first-order chi connectivity index (χ1) is 14.6. The summed E-state index contributed by atoms with van der Waals surface area (Å²) in [5.41, 5.74) is 3.93. The van der Waals surface area contributed by atoms with Gasteiger partial charge in [-0.15, -0.1) is 0 Å². The maximum absolute atomic E-state index is 13.9. The van der Waals surface area contributed by atoms with Gasteiger partial charge in [0.2, 0.25) is 5.91 Å². The van der Waals surface area contributed by atoms with Crippen LogP contribution in [0.15, 0.2) is 24.3 Å². The first kappa shape index (κ1) is 23.5. The van der Waals surface area contributed by atoms with Crippen molar-refractivity contribution in [2.45, 2.75) is 79.9 Å². The van der Waals surface area contributed by atoms with Crippen LogP contribution in [0.25, 0.3) is 5.69 Å². The Morgan fingerprint density at radius 1 is 1.29 bits per heavy atom. The molecule has 1 aromatic heterocycles. The number of carbonyl (C=O) groups is 1. The molecule has 3 rings (SSSR count). The summed E-state index contributed by atoms with van der Waals surface area (Å²) >= 11 is 0. The Morgan fingerprint density at radius 3 is 2.65 bits per heavy atom. The second kappa shape index (κ2) is 9.51. The van der Waals surface area contributed by atoms with Crippen LogP contribution in [0.4, 0.5) is 4.39 Å². The Labute approximate surface area is 186 Å². The van der Waals surface area contributed by atoms with E-state index in [4.69, 9.17) is 5.10 Å². The lowest BCUT2D eigenvalue weighted by Gasteiger charge is -2.31. The molecule has 0 bridgehead atoms. The van der Waals surface area contributed by atoms with Gasteiger partial charge in [0.1, 0.15) is 5.82 Å². The highest BCUT2D eigenvalue weighted by Gasteiger charge is 2.29. The minimum atomic E-state index is -0.268. The molecule has 0 spiro atoms. The van der Waals surface area contributed by atoms with Gasteiger partial charge in [-0.2, -0.15) is 5.10 Å². The number of fused-ring (bicyclic) bond motifs is 1. The monoisotopic (exact) mass is 428 g/mol. The van der Waals surface area contributed by atoms with Gasteiger partial charge < -0.3 is 4.90 Å². The van der Waals surface area contributed by atoms with Crippen LogP contribution in [0.3, 0.4) is 0 Å². The van der Waals surface area contributed by atoms with E-state index in [9.17, 15) is 9.18 Å². The van der Waals surface area contributed by atoms with E-state index in [1.165, 1.54) is 17.7 Å². The molecule has 0 saturated heterocycles. The van der Waals surface area contributed by atoms with E-state index in [0.717, 1.165) is 49.6 Å². The van der Waals surface area contributed by atoms with Crippen molar-refractivity contribution in [3.8, 4) is 5.69 Å². The molecule has 2 heterocycles. The smallest absolute Gasteiger partial charge is 0.223 e. The van der Waals surface area contributed by atoms with E-state index in [0.29, 0.717) is 13.0 Å². The highest BCUT2D eigenvalue weighted by Crippen LogP contribution is 2.28. The lowest BCUT2D eigenvalue weighted by atomic mass is 9.91. The zero-order chi connectivity index (χ0) is 22.8. The molecule has 1 aliphatic heterocycles. The fourth-order valence-electron chi connectivity index (χ4n) is 4.27. The zero-order valence-electron chi connectivity index (χ0n) is 19.9. The van der Waals surface area contributed by atoms with Crippen molar-refractivity contribution < 1.29 is 9.18 Å². The minimum absolute atomic E-state index is 0.0670. The first-order valence-corrected chi connectivity index (χ1v) is 11.5. The molecule has 1 aliphatic rings. The molecule has 6 heteroatoms. The lowest BCUT2D eigenvalue weighted by Crippen LogP contribution is -2.39. The van der Waals surface area contributed by atoms with E-state index in [1.54, 1.807) is 6.07 Å². The zero-order valence-corrected chi connectivity index (χ0v) is 19.9. The Balaban J connectivity index is 1.99. The molecule has 0 saturated carbocycles. The van der Waals surface area contributed by atoms with Gasteiger partial charge in [0.05, 0.1) is 23.6 Å². The molecule has 0 aliphatic carbocycles. The normalized spacial score (nSPS) is 14.7. The number of amides is 1. The molecule has 0 atom stereocenters. The fraction of sp³-hybridized carbons (Fsp3) is 0.600. The molecule has 1 amide bonds. The Hall–Kier alpha value is -2.21. The number of rotatable bonds is 7. The molecule has 1 aromatic carbocycles. The number of benzene rings is 1. The number of nitrogens with zero attached hydrogens (tertiary/aromatic N) is 4. The topological polar surface area (TPSA) is 41.4 Å². The van der Waals surface area contributed by atoms with Crippen molar-refractivity contribution in [2.75, 3.05) is 13.1 Å². The third kappa shape index (κ3) is 5.73. The Kier molecular flexibility index (Phi) is 7.20. The number of aromatic nitrogens is 2.